The molecule has 0 radical (unpaired) electrons. The van der Waals surface area contributed by atoms with Gasteiger partial charge in [-0.05, 0) is 37.8 Å². The Morgan fingerprint density at radius 1 is 1.24 bits per heavy atom. The third kappa shape index (κ3) is 2.77. The zero-order valence-corrected chi connectivity index (χ0v) is 11.3. The summed E-state index contributed by atoms with van der Waals surface area (Å²) in [4.78, 5) is 16.8. The van der Waals surface area contributed by atoms with E-state index in [4.69, 9.17) is 11.6 Å². The highest BCUT2D eigenvalue weighted by molar-refractivity contribution is 6.28. The summed E-state index contributed by atoms with van der Waals surface area (Å²) >= 11 is 5.95. The molecule has 0 N–H and O–H groups in total. The molecule has 0 bridgehead atoms. The SMILES string of the molecule is CC1CCCCN1c1nc(Cl)nc(N(C)C)n1. The first kappa shape index (κ1) is 12.4. The monoisotopic (exact) mass is 255 g/mol. The van der Waals surface area contributed by atoms with Crippen LogP contribution in [0.3, 0.4) is 0 Å². The van der Waals surface area contributed by atoms with E-state index in [0.29, 0.717) is 17.9 Å². The fraction of sp³-hybridized carbons (Fsp3) is 0.727. The van der Waals surface area contributed by atoms with E-state index in [-0.39, 0.29) is 5.28 Å². The van der Waals surface area contributed by atoms with Gasteiger partial charge in [-0.15, -0.1) is 0 Å². The molecule has 1 unspecified atom stereocenters. The zero-order valence-electron chi connectivity index (χ0n) is 10.5. The van der Waals surface area contributed by atoms with E-state index in [1.165, 1.54) is 19.3 Å². The van der Waals surface area contributed by atoms with Crippen LogP contribution in [0.2, 0.25) is 5.28 Å². The molecular weight excluding hydrogens is 238 g/mol. The van der Waals surface area contributed by atoms with Gasteiger partial charge in [-0.2, -0.15) is 15.0 Å². The van der Waals surface area contributed by atoms with Gasteiger partial charge in [0.25, 0.3) is 0 Å². The predicted octanol–water partition coefficient (Wildman–Crippen LogP) is 1.97. The van der Waals surface area contributed by atoms with Crippen molar-refractivity contribution < 1.29 is 0 Å². The maximum absolute atomic E-state index is 5.95. The fourth-order valence-electron chi connectivity index (χ4n) is 2.05. The van der Waals surface area contributed by atoms with Crippen molar-refractivity contribution in [1.82, 2.24) is 15.0 Å². The fourth-order valence-corrected chi connectivity index (χ4v) is 2.20. The molecule has 1 aliphatic rings. The van der Waals surface area contributed by atoms with Gasteiger partial charge in [0.15, 0.2) is 0 Å². The molecule has 17 heavy (non-hydrogen) atoms. The average Bonchev–Trinajstić information content (AvgIpc) is 2.28. The van der Waals surface area contributed by atoms with Crippen LogP contribution in [-0.4, -0.2) is 41.6 Å². The lowest BCUT2D eigenvalue weighted by molar-refractivity contribution is 0.476. The lowest BCUT2D eigenvalue weighted by atomic mass is 10.0. The second-order valence-electron chi connectivity index (χ2n) is 4.64. The molecule has 1 fully saturated rings. The van der Waals surface area contributed by atoms with Gasteiger partial charge >= 0.3 is 0 Å². The molecule has 5 nitrogen and oxygen atoms in total. The molecule has 1 saturated heterocycles. The Bertz CT molecular complexity index is 395. The Kier molecular flexibility index (Phi) is 3.66. The molecule has 1 aromatic heterocycles. The molecule has 0 amide bonds. The third-order valence-corrected chi connectivity index (χ3v) is 3.21. The molecular formula is C11H18ClN5. The van der Waals surface area contributed by atoms with Crippen LogP contribution in [0.5, 0.6) is 0 Å². The quantitative estimate of drug-likeness (QED) is 0.809. The second kappa shape index (κ2) is 5.04. The Morgan fingerprint density at radius 3 is 2.65 bits per heavy atom. The normalized spacial score (nSPS) is 20.5. The summed E-state index contributed by atoms with van der Waals surface area (Å²) in [6, 6.07) is 0.470. The van der Waals surface area contributed by atoms with E-state index in [1.54, 1.807) is 0 Å². The summed E-state index contributed by atoms with van der Waals surface area (Å²) in [6.45, 7) is 3.20. The molecule has 0 saturated carbocycles. The van der Waals surface area contributed by atoms with Gasteiger partial charge in [0.2, 0.25) is 17.2 Å². The van der Waals surface area contributed by atoms with Crippen LogP contribution in [0, 0.1) is 0 Å². The Morgan fingerprint density at radius 2 is 2.00 bits per heavy atom. The molecule has 0 aromatic carbocycles. The Labute approximate surface area is 107 Å². The van der Waals surface area contributed by atoms with Gasteiger partial charge < -0.3 is 9.80 Å². The summed E-state index contributed by atoms with van der Waals surface area (Å²) in [6.07, 6.45) is 3.64. The summed E-state index contributed by atoms with van der Waals surface area (Å²) in [5, 5.41) is 0.261. The number of halogens is 1. The zero-order chi connectivity index (χ0) is 12.4. The number of hydrogen-bond acceptors (Lipinski definition) is 5. The maximum Gasteiger partial charge on any atom is 0.231 e. The summed E-state index contributed by atoms with van der Waals surface area (Å²) in [5.41, 5.74) is 0. The largest absolute Gasteiger partial charge is 0.347 e. The minimum Gasteiger partial charge on any atom is -0.347 e. The van der Waals surface area contributed by atoms with Crippen LogP contribution >= 0.6 is 11.6 Å². The van der Waals surface area contributed by atoms with Crippen LogP contribution in [-0.2, 0) is 0 Å². The number of rotatable bonds is 2. The standard InChI is InChI=1S/C11H18ClN5/c1-8-6-4-5-7-17(8)11-14-9(12)13-10(15-11)16(2)3/h8H,4-7H2,1-3H3. The lowest BCUT2D eigenvalue weighted by Crippen LogP contribution is -2.39. The molecule has 0 aliphatic carbocycles. The van der Waals surface area contributed by atoms with Crippen molar-refractivity contribution in [3.8, 4) is 0 Å². The van der Waals surface area contributed by atoms with E-state index in [1.807, 2.05) is 19.0 Å². The summed E-state index contributed by atoms with van der Waals surface area (Å²) in [5.74, 6) is 1.30. The molecule has 94 valence electrons. The van der Waals surface area contributed by atoms with Crippen LogP contribution in [0.15, 0.2) is 0 Å². The Hall–Kier alpha value is -1.10. The molecule has 0 spiro atoms. The van der Waals surface area contributed by atoms with Crippen molar-refractivity contribution in [3.63, 3.8) is 0 Å². The molecule has 6 heteroatoms. The average molecular weight is 256 g/mol. The van der Waals surface area contributed by atoms with Gasteiger partial charge in [0.05, 0.1) is 0 Å². The first-order valence-electron chi connectivity index (χ1n) is 5.93. The summed E-state index contributed by atoms with van der Waals surface area (Å²) in [7, 11) is 3.80. The minimum absolute atomic E-state index is 0.261. The Balaban J connectivity index is 2.30. The molecule has 1 aliphatic heterocycles. The minimum atomic E-state index is 0.261. The number of piperidine rings is 1. The van der Waals surface area contributed by atoms with E-state index < -0.39 is 0 Å². The topological polar surface area (TPSA) is 45.2 Å². The smallest absolute Gasteiger partial charge is 0.231 e. The van der Waals surface area contributed by atoms with Crippen molar-refractivity contribution in [1.29, 1.82) is 0 Å². The number of anilines is 2. The first-order chi connectivity index (χ1) is 8.08. The predicted molar refractivity (Wildman–Crippen MR) is 69.8 cm³/mol. The van der Waals surface area contributed by atoms with Crippen LogP contribution in [0.4, 0.5) is 11.9 Å². The summed E-state index contributed by atoms with van der Waals surface area (Å²) < 4.78 is 0. The molecule has 1 atom stereocenters. The van der Waals surface area contributed by atoms with Crippen molar-refractivity contribution in [2.45, 2.75) is 32.2 Å². The van der Waals surface area contributed by atoms with Crippen LogP contribution in [0.1, 0.15) is 26.2 Å². The van der Waals surface area contributed by atoms with E-state index in [0.717, 1.165) is 6.54 Å². The van der Waals surface area contributed by atoms with E-state index in [9.17, 15) is 0 Å². The van der Waals surface area contributed by atoms with Crippen molar-refractivity contribution in [2.24, 2.45) is 0 Å². The van der Waals surface area contributed by atoms with Crippen LogP contribution in [0.25, 0.3) is 0 Å². The highest BCUT2D eigenvalue weighted by Gasteiger charge is 2.22. The van der Waals surface area contributed by atoms with Crippen molar-refractivity contribution >= 4 is 23.5 Å². The molecule has 2 rings (SSSR count). The van der Waals surface area contributed by atoms with Gasteiger partial charge in [0.1, 0.15) is 0 Å². The number of aromatic nitrogens is 3. The van der Waals surface area contributed by atoms with E-state index >= 15 is 0 Å². The van der Waals surface area contributed by atoms with Crippen molar-refractivity contribution in [2.75, 3.05) is 30.4 Å². The van der Waals surface area contributed by atoms with Gasteiger partial charge in [-0.1, -0.05) is 0 Å². The van der Waals surface area contributed by atoms with Crippen LogP contribution < -0.4 is 9.80 Å². The maximum atomic E-state index is 5.95. The van der Waals surface area contributed by atoms with E-state index in [2.05, 4.69) is 26.8 Å². The molecule has 2 heterocycles. The first-order valence-corrected chi connectivity index (χ1v) is 6.31. The second-order valence-corrected chi connectivity index (χ2v) is 4.98. The molecule has 1 aromatic rings. The lowest BCUT2D eigenvalue weighted by Gasteiger charge is -2.33. The van der Waals surface area contributed by atoms with Gasteiger partial charge in [0, 0.05) is 26.7 Å². The van der Waals surface area contributed by atoms with Crippen molar-refractivity contribution in [3.05, 3.63) is 5.28 Å². The highest BCUT2D eigenvalue weighted by atomic mass is 35.5. The number of hydrogen-bond donors (Lipinski definition) is 0. The van der Waals surface area contributed by atoms with Gasteiger partial charge in [-0.25, -0.2) is 0 Å². The number of nitrogens with zero attached hydrogens (tertiary/aromatic N) is 5. The third-order valence-electron chi connectivity index (χ3n) is 3.04. The van der Waals surface area contributed by atoms with Gasteiger partial charge in [-0.3, -0.25) is 0 Å². The highest BCUT2D eigenvalue weighted by Crippen LogP contribution is 2.23.